The fourth-order valence-electron chi connectivity index (χ4n) is 1.02. The lowest BCUT2D eigenvalue weighted by atomic mass is 10.1. The molecule has 0 aliphatic carbocycles. The van der Waals surface area contributed by atoms with E-state index in [4.69, 9.17) is 11.6 Å². The Hall–Kier alpha value is -1.46. The molecule has 2 nitrogen and oxygen atoms in total. The zero-order chi connectivity index (χ0) is 11.1. The average molecular weight is 223 g/mol. The fraction of sp³-hybridized carbons (Fsp3) is 0.250. The quantitative estimate of drug-likeness (QED) is 0.436. The molecule has 0 spiro atoms. The van der Waals surface area contributed by atoms with Crippen molar-refractivity contribution in [1.82, 2.24) is 0 Å². The Labute approximate surface area is 94.2 Å². The molecule has 15 heavy (non-hydrogen) atoms. The van der Waals surface area contributed by atoms with Crippen LogP contribution in [0.2, 0.25) is 0 Å². The summed E-state index contributed by atoms with van der Waals surface area (Å²) in [6.07, 6.45) is 0.113. The summed E-state index contributed by atoms with van der Waals surface area (Å²) < 4.78 is 4.47. The molecule has 0 radical (unpaired) electrons. The van der Waals surface area contributed by atoms with Crippen LogP contribution in [0.4, 0.5) is 0 Å². The maximum absolute atomic E-state index is 10.8. The molecule has 0 bridgehead atoms. The Morgan fingerprint density at radius 2 is 2.33 bits per heavy atom. The number of methoxy groups -OCH3 is 1. The molecule has 0 fully saturated rings. The molecule has 1 aromatic carbocycles. The number of alkyl halides is 1. The number of benzene rings is 1. The van der Waals surface area contributed by atoms with Gasteiger partial charge in [-0.25, -0.2) is 0 Å². The minimum atomic E-state index is -0.323. The predicted octanol–water partition coefficient (Wildman–Crippen LogP) is 2.34. The van der Waals surface area contributed by atoms with Gasteiger partial charge in [0.2, 0.25) is 0 Å². The largest absolute Gasteiger partial charge is 0.468 e. The molecule has 78 valence electrons. The van der Waals surface area contributed by atoms with Crippen molar-refractivity contribution in [3.63, 3.8) is 0 Å². The number of ether oxygens (including phenoxy) is 1. The third-order valence-corrected chi connectivity index (χ3v) is 2.08. The van der Waals surface area contributed by atoms with Gasteiger partial charge in [0.15, 0.2) is 0 Å². The lowest BCUT2D eigenvalue weighted by Crippen LogP contribution is -1.97. The Balaban J connectivity index is 2.67. The van der Waals surface area contributed by atoms with Crippen molar-refractivity contribution in [2.75, 3.05) is 7.11 Å². The molecule has 3 heteroatoms. The first kappa shape index (κ1) is 11.6. The molecule has 0 atom stereocenters. The molecule has 0 heterocycles. The van der Waals surface area contributed by atoms with Crippen LogP contribution in [0.1, 0.15) is 17.5 Å². The van der Waals surface area contributed by atoms with Gasteiger partial charge < -0.3 is 4.74 Å². The molecule has 0 N–H and O–H groups in total. The second-order valence-electron chi connectivity index (χ2n) is 2.89. The number of carbonyl (C=O) groups excluding carboxylic acids is 1. The lowest BCUT2D eigenvalue weighted by molar-refractivity contribution is -0.139. The highest BCUT2D eigenvalue weighted by Crippen LogP contribution is 2.06. The topological polar surface area (TPSA) is 26.3 Å². The van der Waals surface area contributed by atoms with Crippen LogP contribution in [0, 0.1) is 11.8 Å². The minimum absolute atomic E-state index is 0.113. The van der Waals surface area contributed by atoms with Crippen LogP contribution in [-0.4, -0.2) is 13.1 Å². The van der Waals surface area contributed by atoms with Gasteiger partial charge in [-0.05, 0) is 17.7 Å². The minimum Gasteiger partial charge on any atom is -0.468 e. The zero-order valence-corrected chi connectivity index (χ0v) is 9.17. The van der Waals surface area contributed by atoms with Gasteiger partial charge in [0.1, 0.15) is 6.42 Å². The van der Waals surface area contributed by atoms with Crippen LogP contribution in [0.15, 0.2) is 24.3 Å². The first-order chi connectivity index (χ1) is 7.26. The normalized spacial score (nSPS) is 8.93. The van der Waals surface area contributed by atoms with E-state index in [1.165, 1.54) is 7.11 Å². The van der Waals surface area contributed by atoms with Crippen LogP contribution >= 0.6 is 11.6 Å². The predicted molar refractivity (Wildman–Crippen MR) is 59.5 cm³/mol. The molecule has 0 saturated carbocycles. The van der Waals surface area contributed by atoms with Crippen molar-refractivity contribution >= 4 is 17.6 Å². The summed E-state index contributed by atoms with van der Waals surface area (Å²) in [4.78, 5) is 10.8. The van der Waals surface area contributed by atoms with E-state index in [0.717, 1.165) is 11.1 Å². The van der Waals surface area contributed by atoms with Gasteiger partial charge in [-0.2, -0.15) is 0 Å². The Kier molecular flexibility index (Phi) is 4.73. The Morgan fingerprint density at radius 3 is 3.00 bits per heavy atom. The summed E-state index contributed by atoms with van der Waals surface area (Å²) >= 11 is 5.68. The molecule has 0 aliphatic rings. The number of hydrogen-bond donors (Lipinski definition) is 0. The van der Waals surface area contributed by atoms with Gasteiger partial charge in [0.25, 0.3) is 0 Å². The molecule has 0 unspecified atom stereocenters. The molecule has 1 aromatic rings. The van der Waals surface area contributed by atoms with Crippen molar-refractivity contribution in [1.29, 1.82) is 0 Å². The van der Waals surface area contributed by atoms with Crippen molar-refractivity contribution in [3.05, 3.63) is 35.4 Å². The van der Waals surface area contributed by atoms with E-state index in [1.807, 2.05) is 24.3 Å². The summed E-state index contributed by atoms with van der Waals surface area (Å²) in [6, 6.07) is 7.59. The maximum atomic E-state index is 10.8. The molecule has 0 saturated heterocycles. The van der Waals surface area contributed by atoms with Gasteiger partial charge in [-0.1, -0.05) is 24.0 Å². The molecular weight excluding hydrogens is 212 g/mol. The van der Waals surface area contributed by atoms with E-state index in [-0.39, 0.29) is 12.4 Å². The van der Waals surface area contributed by atoms with Crippen LogP contribution in [0.3, 0.4) is 0 Å². The molecule has 1 rings (SSSR count). The number of carbonyl (C=O) groups is 1. The third kappa shape index (κ3) is 4.05. The van der Waals surface area contributed by atoms with E-state index in [9.17, 15) is 4.79 Å². The summed E-state index contributed by atoms with van der Waals surface area (Å²) in [5, 5.41) is 0. The third-order valence-electron chi connectivity index (χ3n) is 1.77. The van der Waals surface area contributed by atoms with E-state index in [2.05, 4.69) is 16.6 Å². The van der Waals surface area contributed by atoms with Gasteiger partial charge in [0, 0.05) is 11.4 Å². The van der Waals surface area contributed by atoms with Gasteiger partial charge in [-0.3, -0.25) is 4.79 Å². The van der Waals surface area contributed by atoms with Crippen molar-refractivity contribution < 1.29 is 9.53 Å². The van der Waals surface area contributed by atoms with Crippen LogP contribution in [0.25, 0.3) is 0 Å². The monoisotopic (exact) mass is 222 g/mol. The van der Waals surface area contributed by atoms with Crippen LogP contribution in [-0.2, 0) is 15.4 Å². The Bertz CT molecular complexity index is 402. The van der Waals surface area contributed by atoms with E-state index >= 15 is 0 Å². The standard InChI is InChI=1S/C12H11ClO2/c1-15-12(14)7-3-5-10-4-2-6-11(8-10)9-13/h2,4,6,8H,7,9H2,1H3. The molecule has 0 amide bonds. The van der Waals surface area contributed by atoms with Gasteiger partial charge >= 0.3 is 5.97 Å². The van der Waals surface area contributed by atoms with Crippen LogP contribution < -0.4 is 0 Å². The van der Waals surface area contributed by atoms with Gasteiger partial charge in [0.05, 0.1) is 7.11 Å². The summed E-state index contributed by atoms with van der Waals surface area (Å²) in [7, 11) is 1.35. The highest BCUT2D eigenvalue weighted by atomic mass is 35.5. The number of esters is 1. The van der Waals surface area contributed by atoms with Gasteiger partial charge in [-0.15, -0.1) is 11.6 Å². The Morgan fingerprint density at radius 1 is 1.53 bits per heavy atom. The van der Waals surface area contributed by atoms with Crippen molar-refractivity contribution in [2.45, 2.75) is 12.3 Å². The van der Waals surface area contributed by atoms with E-state index in [0.29, 0.717) is 5.88 Å². The van der Waals surface area contributed by atoms with E-state index in [1.54, 1.807) is 0 Å². The summed E-state index contributed by atoms with van der Waals surface area (Å²) in [6.45, 7) is 0. The first-order valence-corrected chi connectivity index (χ1v) is 5.00. The highest BCUT2D eigenvalue weighted by Gasteiger charge is 1.94. The average Bonchev–Trinajstić information content (AvgIpc) is 2.29. The summed E-state index contributed by atoms with van der Waals surface area (Å²) in [5.74, 6) is 5.75. The maximum Gasteiger partial charge on any atom is 0.317 e. The SMILES string of the molecule is COC(=O)CC#Cc1cccc(CCl)c1. The number of hydrogen-bond acceptors (Lipinski definition) is 2. The van der Waals surface area contributed by atoms with Crippen molar-refractivity contribution in [3.8, 4) is 11.8 Å². The molecule has 0 aromatic heterocycles. The highest BCUT2D eigenvalue weighted by molar-refractivity contribution is 6.17. The van der Waals surface area contributed by atoms with Crippen LogP contribution in [0.5, 0.6) is 0 Å². The van der Waals surface area contributed by atoms with E-state index < -0.39 is 0 Å². The second kappa shape index (κ2) is 6.10. The lowest BCUT2D eigenvalue weighted by Gasteiger charge is -1.95. The summed E-state index contributed by atoms with van der Waals surface area (Å²) in [5.41, 5.74) is 1.87. The zero-order valence-electron chi connectivity index (χ0n) is 8.42. The number of rotatable bonds is 2. The molecule has 0 aliphatic heterocycles. The fourth-order valence-corrected chi connectivity index (χ4v) is 1.19. The number of halogens is 1. The second-order valence-corrected chi connectivity index (χ2v) is 3.16. The van der Waals surface area contributed by atoms with Crippen molar-refractivity contribution in [2.24, 2.45) is 0 Å². The first-order valence-electron chi connectivity index (χ1n) is 4.47. The molecular formula is C12H11ClO2. The smallest absolute Gasteiger partial charge is 0.317 e.